The molecule has 1 aromatic carbocycles. The number of hydrogen-bond donors (Lipinski definition) is 2. The first-order chi connectivity index (χ1) is 11.6. The number of aliphatic hydroxyl groups is 1. The van der Waals surface area contributed by atoms with Crippen molar-refractivity contribution in [3.8, 4) is 0 Å². The first-order valence-corrected chi connectivity index (χ1v) is 8.62. The second-order valence-electron chi connectivity index (χ2n) is 5.95. The molecule has 1 saturated heterocycles. The molecule has 2 atom stereocenters. The summed E-state index contributed by atoms with van der Waals surface area (Å²) >= 11 is 1.23. The molecule has 6 nitrogen and oxygen atoms in total. The van der Waals surface area contributed by atoms with Crippen molar-refractivity contribution in [3.63, 3.8) is 0 Å². The minimum absolute atomic E-state index is 0.123. The Morgan fingerprint density at radius 1 is 1.42 bits per heavy atom. The minimum atomic E-state index is -0.362. The average Bonchev–Trinajstić information content (AvgIpc) is 3.17. The zero-order chi connectivity index (χ0) is 17.1. The molecule has 1 fully saturated rings. The largest absolute Gasteiger partial charge is 0.395 e. The van der Waals surface area contributed by atoms with E-state index in [-0.39, 0.29) is 29.4 Å². The molecule has 8 heteroatoms. The number of nitrogens with one attached hydrogen (secondary N) is 1. The lowest BCUT2D eigenvalue weighted by Crippen LogP contribution is -2.34. The molecule has 0 saturated carbocycles. The van der Waals surface area contributed by atoms with Crippen LogP contribution >= 0.6 is 11.3 Å². The van der Waals surface area contributed by atoms with Crippen LogP contribution in [0.3, 0.4) is 0 Å². The predicted molar refractivity (Wildman–Crippen MR) is 89.3 cm³/mol. The van der Waals surface area contributed by atoms with Crippen molar-refractivity contribution in [2.24, 2.45) is 5.92 Å². The fourth-order valence-electron chi connectivity index (χ4n) is 2.88. The molecule has 1 aliphatic rings. The minimum Gasteiger partial charge on any atom is -0.395 e. The van der Waals surface area contributed by atoms with Crippen LogP contribution in [0.25, 0.3) is 0 Å². The van der Waals surface area contributed by atoms with Gasteiger partial charge in [-0.15, -0.1) is 10.2 Å². The van der Waals surface area contributed by atoms with Gasteiger partial charge in [0.2, 0.25) is 5.01 Å². The molecule has 0 bridgehead atoms. The van der Waals surface area contributed by atoms with E-state index in [1.54, 1.807) is 0 Å². The lowest BCUT2D eigenvalue weighted by atomic mass is 10.0. The molecule has 1 aromatic heterocycles. The van der Waals surface area contributed by atoms with Crippen molar-refractivity contribution in [3.05, 3.63) is 40.1 Å². The highest BCUT2D eigenvalue weighted by Gasteiger charge is 2.31. The molecule has 2 N–H and O–H groups in total. The van der Waals surface area contributed by atoms with E-state index < -0.39 is 0 Å². The zero-order valence-electron chi connectivity index (χ0n) is 13.3. The highest BCUT2D eigenvalue weighted by Crippen LogP contribution is 2.26. The molecule has 0 spiro atoms. The summed E-state index contributed by atoms with van der Waals surface area (Å²) in [7, 11) is 0. The Balaban J connectivity index is 1.62. The van der Waals surface area contributed by atoms with Crippen LogP contribution in [0.4, 0.5) is 10.1 Å². The molecule has 3 rings (SSSR count). The van der Waals surface area contributed by atoms with Gasteiger partial charge in [0, 0.05) is 11.7 Å². The molecular formula is C16H19FN4O2S. The number of likely N-dealkylation sites (tertiary alicyclic amines) is 1. The number of aliphatic hydroxyl groups excluding tert-OH is 1. The van der Waals surface area contributed by atoms with E-state index in [1.807, 2.05) is 0 Å². The van der Waals surface area contributed by atoms with Crippen LogP contribution in [0.15, 0.2) is 24.3 Å². The van der Waals surface area contributed by atoms with Gasteiger partial charge in [-0.3, -0.25) is 9.69 Å². The highest BCUT2D eigenvalue weighted by molar-refractivity contribution is 7.13. The molecule has 2 aromatic rings. The van der Waals surface area contributed by atoms with Gasteiger partial charge in [-0.25, -0.2) is 4.39 Å². The van der Waals surface area contributed by atoms with Crippen molar-refractivity contribution in [1.82, 2.24) is 15.1 Å². The number of benzene rings is 1. The van der Waals surface area contributed by atoms with Gasteiger partial charge in [0.05, 0.1) is 13.2 Å². The second kappa shape index (κ2) is 7.33. The standard InChI is InChI=1S/C16H19FN4O2S/c1-10-6-7-21(13(10)9-22)8-14-19-20-16(24-14)15(23)18-12-4-2-11(17)3-5-12/h2-5,10,13,22H,6-9H2,1H3,(H,18,23)/t10-,13+/m1/s1. The van der Waals surface area contributed by atoms with Gasteiger partial charge in [0.1, 0.15) is 10.8 Å². The number of hydrogen-bond acceptors (Lipinski definition) is 6. The van der Waals surface area contributed by atoms with Gasteiger partial charge in [0.15, 0.2) is 0 Å². The van der Waals surface area contributed by atoms with Gasteiger partial charge in [-0.05, 0) is 43.1 Å². The average molecular weight is 350 g/mol. The van der Waals surface area contributed by atoms with Crippen LogP contribution in [0.5, 0.6) is 0 Å². The summed E-state index contributed by atoms with van der Waals surface area (Å²) in [4.78, 5) is 14.3. The number of anilines is 1. The fourth-order valence-corrected chi connectivity index (χ4v) is 3.64. The third-order valence-corrected chi connectivity index (χ3v) is 5.19. The summed E-state index contributed by atoms with van der Waals surface area (Å²) in [6.45, 7) is 3.74. The number of amides is 1. The normalized spacial score (nSPS) is 21.1. The predicted octanol–water partition coefficient (Wildman–Crippen LogP) is 2.13. The van der Waals surface area contributed by atoms with Crippen LogP contribution in [0.1, 0.15) is 28.2 Å². The van der Waals surface area contributed by atoms with Crippen LogP contribution in [-0.4, -0.2) is 45.3 Å². The van der Waals surface area contributed by atoms with E-state index >= 15 is 0 Å². The first kappa shape index (κ1) is 16.9. The summed E-state index contributed by atoms with van der Waals surface area (Å²) in [5, 5.41) is 21.2. The highest BCUT2D eigenvalue weighted by atomic mass is 32.1. The SMILES string of the molecule is C[C@@H]1CCN(Cc2nnc(C(=O)Nc3ccc(F)cc3)s2)[C@H]1CO. The molecule has 0 radical (unpaired) electrons. The number of rotatable bonds is 5. The molecule has 0 unspecified atom stereocenters. The van der Waals surface area contributed by atoms with E-state index in [1.165, 1.54) is 35.6 Å². The number of carbonyl (C=O) groups excluding carboxylic acids is 1. The van der Waals surface area contributed by atoms with Gasteiger partial charge in [-0.2, -0.15) is 0 Å². The van der Waals surface area contributed by atoms with Crippen molar-refractivity contribution in [2.45, 2.75) is 25.9 Å². The van der Waals surface area contributed by atoms with Crippen LogP contribution in [-0.2, 0) is 6.54 Å². The van der Waals surface area contributed by atoms with E-state index in [2.05, 4.69) is 27.3 Å². The maximum Gasteiger partial charge on any atom is 0.286 e. The molecule has 2 heterocycles. The maximum atomic E-state index is 12.9. The van der Waals surface area contributed by atoms with Crippen molar-refractivity contribution >= 4 is 22.9 Å². The molecule has 1 amide bonds. The monoisotopic (exact) mass is 350 g/mol. The quantitative estimate of drug-likeness (QED) is 0.864. The summed E-state index contributed by atoms with van der Waals surface area (Å²) < 4.78 is 12.9. The smallest absolute Gasteiger partial charge is 0.286 e. The Kier molecular flexibility index (Phi) is 5.17. The molecule has 1 aliphatic heterocycles. The summed E-state index contributed by atoms with van der Waals surface area (Å²) in [5.41, 5.74) is 0.506. The Morgan fingerprint density at radius 2 is 2.17 bits per heavy atom. The van der Waals surface area contributed by atoms with Crippen LogP contribution in [0.2, 0.25) is 0 Å². The lowest BCUT2D eigenvalue weighted by molar-refractivity contribution is 0.102. The molecule has 24 heavy (non-hydrogen) atoms. The number of nitrogens with zero attached hydrogens (tertiary/aromatic N) is 3. The first-order valence-electron chi connectivity index (χ1n) is 7.81. The Bertz CT molecular complexity index is 706. The number of carbonyl (C=O) groups is 1. The summed E-state index contributed by atoms with van der Waals surface area (Å²) in [5.74, 6) is -0.271. The molecule has 0 aliphatic carbocycles. The second-order valence-corrected chi connectivity index (χ2v) is 7.01. The fraction of sp³-hybridized carbons (Fsp3) is 0.438. The van der Waals surface area contributed by atoms with Crippen molar-refractivity contribution in [1.29, 1.82) is 0 Å². The van der Waals surface area contributed by atoms with Gasteiger partial charge < -0.3 is 10.4 Å². The summed E-state index contributed by atoms with van der Waals surface area (Å²) in [6.07, 6.45) is 1.04. The topological polar surface area (TPSA) is 78.4 Å². The number of aromatic nitrogens is 2. The third kappa shape index (κ3) is 3.77. The van der Waals surface area contributed by atoms with Crippen LogP contribution < -0.4 is 5.32 Å². The van der Waals surface area contributed by atoms with E-state index in [0.29, 0.717) is 18.2 Å². The van der Waals surface area contributed by atoms with E-state index in [0.717, 1.165) is 18.0 Å². The lowest BCUT2D eigenvalue weighted by Gasteiger charge is -2.23. The Morgan fingerprint density at radius 3 is 2.88 bits per heavy atom. The van der Waals surface area contributed by atoms with E-state index in [4.69, 9.17) is 0 Å². The zero-order valence-corrected chi connectivity index (χ0v) is 14.1. The number of halogens is 1. The van der Waals surface area contributed by atoms with Gasteiger partial charge in [-0.1, -0.05) is 18.3 Å². The summed E-state index contributed by atoms with van der Waals surface area (Å²) in [6, 6.07) is 5.68. The molecular weight excluding hydrogens is 331 g/mol. The third-order valence-electron chi connectivity index (χ3n) is 4.29. The maximum absolute atomic E-state index is 12.9. The van der Waals surface area contributed by atoms with Crippen LogP contribution in [0, 0.1) is 11.7 Å². The van der Waals surface area contributed by atoms with E-state index in [9.17, 15) is 14.3 Å². The van der Waals surface area contributed by atoms with Gasteiger partial charge >= 0.3 is 0 Å². The van der Waals surface area contributed by atoms with Crippen molar-refractivity contribution < 1.29 is 14.3 Å². The Labute approximate surface area is 143 Å². The van der Waals surface area contributed by atoms with Gasteiger partial charge in [0.25, 0.3) is 5.91 Å². The molecule has 128 valence electrons. The Hall–Kier alpha value is -1.90. The van der Waals surface area contributed by atoms with Crippen molar-refractivity contribution in [2.75, 3.05) is 18.5 Å².